The number of hydrogen-bond acceptors (Lipinski definition) is 8. The number of ether oxygens (including phenoxy) is 2. The summed E-state index contributed by atoms with van der Waals surface area (Å²) in [6.07, 6.45) is 5.05. The van der Waals surface area contributed by atoms with Crippen molar-refractivity contribution in [3.63, 3.8) is 0 Å². The lowest BCUT2D eigenvalue weighted by molar-refractivity contribution is 0.0250. The minimum Gasteiger partial charge on any atom is -0.493 e. The fourth-order valence-corrected chi connectivity index (χ4v) is 3.79. The highest BCUT2D eigenvalue weighted by molar-refractivity contribution is 6.33. The van der Waals surface area contributed by atoms with Crippen LogP contribution < -0.4 is 9.47 Å². The van der Waals surface area contributed by atoms with E-state index in [1.165, 1.54) is 12.4 Å². The first-order valence-electron chi connectivity index (χ1n) is 9.45. The SMILES string of the molecule is COc1ccc(CN2CCC(F)(c3nc(-c4cnccn4)no3)CC2)c(Cl)c1OC. The molecule has 158 valence electrons. The standard InChI is InChI=1S/C20H21ClFN5O3/c1-28-15-4-3-13(16(21)17(15)29-2)12-27-9-5-20(22,6-10-27)19-25-18(26-30-19)14-11-23-7-8-24-14/h3-4,7-8,11H,5-6,9-10,12H2,1-2H3. The Hall–Kier alpha value is -2.78. The smallest absolute Gasteiger partial charge is 0.264 e. The number of nitrogens with zero attached hydrogens (tertiary/aromatic N) is 5. The largest absolute Gasteiger partial charge is 0.493 e. The molecular weight excluding hydrogens is 413 g/mol. The number of aromatic nitrogens is 4. The number of hydrogen-bond donors (Lipinski definition) is 0. The zero-order valence-corrected chi connectivity index (χ0v) is 17.4. The maximum absolute atomic E-state index is 15.5. The fourth-order valence-electron chi connectivity index (χ4n) is 3.50. The zero-order chi connectivity index (χ0) is 21.1. The van der Waals surface area contributed by atoms with Gasteiger partial charge in [0.1, 0.15) is 5.69 Å². The molecule has 1 aromatic carbocycles. The molecule has 0 unspecified atom stereocenters. The highest BCUT2D eigenvalue weighted by Crippen LogP contribution is 2.40. The van der Waals surface area contributed by atoms with Crippen molar-refractivity contribution in [2.24, 2.45) is 0 Å². The van der Waals surface area contributed by atoms with Crippen molar-refractivity contribution in [1.29, 1.82) is 0 Å². The van der Waals surface area contributed by atoms with E-state index in [4.69, 9.17) is 25.6 Å². The Balaban J connectivity index is 1.43. The maximum atomic E-state index is 15.5. The summed E-state index contributed by atoms with van der Waals surface area (Å²) in [7, 11) is 3.11. The molecule has 0 spiro atoms. The molecule has 8 nitrogen and oxygen atoms in total. The van der Waals surface area contributed by atoms with Crippen LogP contribution in [-0.4, -0.2) is 52.3 Å². The third-order valence-electron chi connectivity index (χ3n) is 5.21. The van der Waals surface area contributed by atoms with E-state index in [9.17, 15) is 0 Å². The number of piperidine rings is 1. The molecular formula is C20H21ClFN5O3. The molecule has 0 amide bonds. The Morgan fingerprint density at radius 1 is 1.20 bits per heavy atom. The second kappa shape index (κ2) is 8.53. The van der Waals surface area contributed by atoms with Gasteiger partial charge in [-0.15, -0.1) is 0 Å². The highest BCUT2D eigenvalue weighted by atomic mass is 35.5. The normalized spacial score (nSPS) is 16.4. The molecule has 3 aromatic rings. The maximum Gasteiger partial charge on any atom is 0.264 e. The molecule has 0 atom stereocenters. The summed E-state index contributed by atoms with van der Waals surface area (Å²) in [4.78, 5) is 14.4. The van der Waals surface area contributed by atoms with Gasteiger partial charge in [-0.05, 0) is 11.6 Å². The van der Waals surface area contributed by atoms with Crippen LogP contribution in [0.15, 0.2) is 35.2 Å². The molecule has 1 fully saturated rings. The van der Waals surface area contributed by atoms with Crippen molar-refractivity contribution in [1.82, 2.24) is 25.0 Å². The molecule has 30 heavy (non-hydrogen) atoms. The molecule has 0 aliphatic carbocycles. The molecule has 4 rings (SSSR count). The fraction of sp³-hybridized carbons (Fsp3) is 0.400. The third kappa shape index (κ3) is 3.95. The Morgan fingerprint density at radius 2 is 2.00 bits per heavy atom. The average Bonchev–Trinajstić information content (AvgIpc) is 3.28. The number of rotatable bonds is 6. The van der Waals surface area contributed by atoms with Crippen LogP contribution >= 0.6 is 11.6 Å². The van der Waals surface area contributed by atoms with Crippen LogP contribution in [0, 0.1) is 0 Å². The Labute approximate surface area is 178 Å². The molecule has 1 saturated heterocycles. The first-order chi connectivity index (χ1) is 14.5. The van der Waals surface area contributed by atoms with Crippen molar-refractivity contribution >= 4 is 11.6 Å². The summed E-state index contributed by atoms with van der Waals surface area (Å²) < 4.78 is 31.4. The van der Waals surface area contributed by atoms with E-state index in [2.05, 4.69) is 25.0 Å². The van der Waals surface area contributed by atoms with Gasteiger partial charge < -0.3 is 14.0 Å². The molecule has 0 saturated carbocycles. The zero-order valence-electron chi connectivity index (χ0n) is 16.6. The van der Waals surface area contributed by atoms with Gasteiger partial charge in [0.2, 0.25) is 5.82 Å². The highest BCUT2D eigenvalue weighted by Gasteiger charge is 2.41. The van der Waals surface area contributed by atoms with Crippen molar-refractivity contribution in [3.8, 4) is 23.0 Å². The predicted molar refractivity (Wildman–Crippen MR) is 107 cm³/mol. The summed E-state index contributed by atoms with van der Waals surface area (Å²) in [5, 5.41) is 4.35. The van der Waals surface area contributed by atoms with Crippen LogP contribution in [0.3, 0.4) is 0 Å². The van der Waals surface area contributed by atoms with Crippen LogP contribution in [0.4, 0.5) is 4.39 Å². The first kappa shape index (κ1) is 20.5. The number of likely N-dealkylation sites (tertiary alicyclic amines) is 1. The van der Waals surface area contributed by atoms with Crippen LogP contribution in [-0.2, 0) is 12.2 Å². The number of alkyl halides is 1. The topological polar surface area (TPSA) is 86.4 Å². The summed E-state index contributed by atoms with van der Waals surface area (Å²) in [5.41, 5.74) is -0.342. The lowest BCUT2D eigenvalue weighted by atomic mass is 9.93. The summed E-state index contributed by atoms with van der Waals surface area (Å²) in [6.45, 7) is 1.61. The summed E-state index contributed by atoms with van der Waals surface area (Å²) in [6, 6.07) is 3.71. The molecule has 0 N–H and O–H groups in total. The van der Waals surface area contributed by atoms with Crippen LogP contribution in [0.1, 0.15) is 24.3 Å². The monoisotopic (exact) mass is 433 g/mol. The minimum absolute atomic E-state index is 0.0213. The van der Waals surface area contributed by atoms with Gasteiger partial charge in [-0.25, -0.2) is 9.37 Å². The number of benzene rings is 1. The van der Waals surface area contributed by atoms with Gasteiger partial charge in [0, 0.05) is 44.9 Å². The summed E-state index contributed by atoms with van der Waals surface area (Å²) in [5.74, 6) is 1.28. The molecule has 3 heterocycles. The van der Waals surface area contributed by atoms with Crippen LogP contribution in [0.2, 0.25) is 5.02 Å². The van der Waals surface area contributed by atoms with E-state index in [1.54, 1.807) is 20.4 Å². The van der Waals surface area contributed by atoms with Gasteiger partial charge in [0.25, 0.3) is 5.89 Å². The Morgan fingerprint density at radius 3 is 2.67 bits per heavy atom. The molecule has 2 aromatic heterocycles. The number of halogens is 2. The van der Waals surface area contributed by atoms with Gasteiger partial charge in [-0.3, -0.25) is 9.88 Å². The third-order valence-corrected chi connectivity index (χ3v) is 5.62. The van der Waals surface area contributed by atoms with E-state index in [0.717, 1.165) is 5.56 Å². The molecule has 1 aliphatic rings. The lowest BCUT2D eigenvalue weighted by Crippen LogP contribution is -2.40. The molecule has 10 heteroatoms. The number of methoxy groups -OCH3 is 2. The first-order valence-corrected chi connectivity index (χ1v) is 9.83. The van der Waals surface area contributed by atoms with Crippen molar-refractivity contribution in [3.05, 3.63) is 47.2 Å². The Bertz CT molecular complexity index is 1010. The molecule has 0 radical (unpaired) electrons. The lowest BCUT2D eigenvalue weighted by Gasteiger charge is -2.34. The second-order valence-electron chi connectivity index (χ2n) is 7.03. The van der Waals surface area contributed by atoms with Gasteiger partial charge in [-0.1, -0.05) is 22.8 Å². The predicted octanol–water partition coefficient (Wildman–Crippen LogP) is 3.66. The van der Waals surface area contributed by atoms with E-state index in [0.29, 0.717) is 41.8 Å². The molecule has 0 bridgehead atoms. The average molecular weight is 434 g/mol. The minimum atomic E-state index is -1.68. The van der Waals surface area contributed by atoms with E-state index in [-0.39, 0.29) is 24.6 Å². The van der Waals surface area contributed by atoms with E-state index >= 15 is 4.39 Å². The van der Waals surface area contributed by atoms with Gasteiger partial charge in [0.05, 0.1) is 25.4 Å². The van der Waals surface area contributed by atoms with Crippen molar-refractivity contribution < 1.29 is 18.4 Å². The molecule has 1 aliphatic heterocycles. The van der Waals surface area contributed by atoms with Gasteiger partial charge in [-0.2, -0.15) is 4.98 Å². The quantitative estimate of drug-likeness (QED) is 0.582. The van der Waals surface area contributed by atoms with E-state index < -0.39 is 5.67 Å². The van der Waals surface area contributed by atoms with E-state index in [1.807, 2.05) is 12.1 Å². The van der Waals surface area contributed by atoms with Gasteiger partial charge in [0.15, 0.2) is 17.2 Å². The van der Waals surface area contributed by atoms with Gasteiger partial charge >= 0.3 is 0 Å². The van der Waals surface area contributed by atoms with Crippen LogP contribution in [0.5, 0.6) is 11.5 Å². The Kier molecular flexibility index (Phi) is 5.83. The van der Waals surface area contributed by atoms with Crippen LogP contribution in [0.25, 0.3) is 11.5 Å². The second-order valence-corrected chi connectivity index (χ2v) is 7.41. The summed E-state index contributed by atoms with van der Waals surface area (Å²) >= 11 is 6.47. The van der Waals surface area contributed by atoms with Crippen molar-refractivity contribution in [2.45, 2.75) is 25.1 Å². The van der Waals surface area contributed by atoms with Crippen molar-refractivity contribution in [2.75, 3.05) is 27.3 Å².